The third-order valence-electron chi connectivity index (χ3n) is 1.53. The van der Waals surface area contributed by atoms with Gasteiger partial charge < -0.3 is 10.8 Å². The Bertz CT molecular complexity index is 341. The minimum Gasteiger partial charge on any atom is -0.478 e. The number of carboxylic acids is 1. The van der Waals surface area contributed by atoms with E-state index in [2.05, 4.69) is 4.98 Å². The molecule has 0 aliphatic heterocycles. The second-order valence-electron chi connectivity index (χ2n) is 2.65. The smallest absolute Gasteiger partial charge is 0.331 e. The topological polar surface area (TPSA) is 76.2 Å². The number of carboxylic acid groups (broad SMARTS) is 1. The van der Waals surface area contributed by atoms with Crippen LogP contribution in [0.1, 0.15) is 12.5 Å². The van der Waals surface area contributed by atoms with E-state index in [4.69, 9.17) is 10.8 Å². The number of hydrogen-bond donors (Lipinski definition) is 2. The van der Waals surface area contributed by atoms with E-state index in [1.807, 2.05) is 0 Å². The Labute approximate surface area is 75.7 Å². The molecule has 1 heterocycles. The number of aromatic nitrogens is 1. The maximum absolute atomic E-state index is 10.5. The first kappa shape index (κ1) is 9.25. The van der Waals surface area contributed by atoms with Crippen LogP contribution in [0.25, 0.3) is 6.08 Å². The van der Waals surface area contributed by atoms with Crippen molar-refractivity contribution in [3.8, 4) is 0 Å². The first-order chi connectivity index (χ1) is 6.09. The number of nitrogen functional groups attached to an aromatic ring is 1. The van der Waals surface area contributed by atoms with Crippen molar-refractivity contribution in [1.82, 2.24) is 4.98 Å². The highest BCUT2D eigenvalue weighted by Crippen LogP contribution is 2.06. The average molecular weight is 178 g/mol. The van der Waals surface area contributed by atoms with Crippen LogP contribution < -0.4 is 5.73 Å². The van der Waals surface area contributed by atoms with Gasteiger partial charge in [0.1, 0.15) is 5.82 Å². The molecule has 0 saturated heterocycles. The molecular weight excluding hydrogens is 168 g/mol. The Balaban J connectivity index is 2.92. The summed E-state index contributed by atoms with van der Waals surface area (Å²) in [5, 5.41) is 8.58. The molecule has 1 aromatic rings. The molecule has 0 radical (unpaired) electrons. The number of carbonyl (C=O) groups is 1. The van der Waals surface area contributed by atoms with Gasteiger partial charge in [-0.25, -0.2) is 9.78 Å². The van der Waals surface area contributed by atoms with Crippen molar-refractivity contribution in [1.29, 1.82) is 0 Å². The fraction of sp³-hybridized carbons (Fsp3) is 0.111. The summed E-state index contributed by atoms with van der Waals surface area (Å²) in [6, 6.07) is 3.34. The molecule has 0 fully saturated rings. The van der Waals surface area contributed by atoms with E-state index in [0.29, 0.717) is 5.82 Å². The Morgan fingerprint density at radius 2 is 2.31 bits per heavy atom. The molecule has 0 aromatic carbocycles. The first-order valence-electron chi connectivity index (χ1n) is 3.72. The van der Waals surface area contributed by atoms with Crippen molar-refractivity contribution >= 4 is 17.9 Å². The predicted octanol–water partition coefficient (Wildman–Crippen LogP) is 1.15. The van der Waals surface area contributed by atoms with Gasteiger partial charge in [-0.05, 0) is 30.7 Å². The number of pyridine rings is 1. The van der Waals surface area contributed by atoms with Crippen LogP contribution in [0.4, 0.5) is 5.82 Å². The average Bonchev–Trinajstić information content (AvgIpc) is 2.08. The molecule has 3 N–H and O–H groups in total. The number of hydrogen-bond acceptors (Lipinski definition) is 3. The lowest BCUT2D eigenvalue weighted by Crippen LogP contribution is -1.95. The second kappa shape index (κ2) is 3.71. The maximum atomic E-state index is 10.5. The summed E-state index contributed by atoms with van der Waals surface area (Å²) in [7, 11) is 0. The lowest BCUT2D eigenvalue weighted by Gasteiger charge is -1.95. The summed E-state index contributed by atoms with van der Waals surface area (Å²) < 4.78 is 0. The maximum Gasteiger partial charge on any atom is 0.331 e. The van der Waals surface area contributed by atoms with Gasteiger partial charge in [0, 0.05) is 11.8 Å². The van der Waals surface area contributed by atoms with Crippen molar-refractivity contribution in [3.05, 3.63) is 29.5 Å². The number of anilines is 1. The summed E-state index contributed by atoms with van der Waals surface area (Å²) in [5.41, 5.74) is 6.37. The zero-order chi connectivity index (χ0) is 9.84. The van der Waals surface area contributed by atoms with Crippen molar-refractivity contribution in [3.63, 3.8) is 0 Å². The van der Waals surface area contributed by atoms with Crippen LogP contribution in [-0.2, 0) is 4.79 Å². The zero-order valence-corrected chi connectivity index (χ0v) is 7.19. The molecule has 0 bridgehead atoms. The molecule has 0 aliphatic rings. The zero-order valence-electron chi connectivity index (χ0n) is 7.19. The van der Waals surface area contributed by atoms with Gasteiger partial charge in [-0.1, -0.05) is 0 Å². The van der Waals surface area contributed by atoms with E-state index in [1.54, 1.807) is 12.1 Å². The monoisotopic (exact) mass is 178 g/mol. The van der Waals surface area contributed by atoms with Gasteiger partial charge in [0.2, 0.25) is 0 Å². The normalized spacial score (nSPS) is 11.3. The lowest BCUT2D eigenvalue weighted by molar-refractivity contribution is -0.132. The van der Waals surface area contributed by atoms with Crippen LogP contribution in [0, 0.1) is 0 Å². The second-order valence-corrected chi connectivity index (χ2v) is 2.65. The van der Waals surface area contributed by atoms with Crippen LogP contribution in [0.5, 0.6) is 0 Å². The van der Waals surface area contributed by atoms with Gasteiger partial charge in [-0.2, -0.15) is 0 Å². The predicted molar refractivity (Wildman–Crippen MR) is 49.9 cm³/mol. The molecule has 0 saturated carbocycles. The Morgan fingerprint density at radius 1 is 1.62 bits per heavy atom. The molecule has 68 valence electrons. The number of aliphatic carboxylic acids is 1. The van der Waals surface area contributed by atoms with Gasteiger partial charge in [0.25, 0.3) is 0 Å². The van der Waals surface area contributed by atoms with Crippen LogP contribution in [0.15, 0.2) is 23.9 Å². The fourth-order valence-electron chi connectivity index (χ4n) is 0.814. The minimum absolute atomic E-state index is 0.270. The Hall–Kier alpha value is -1.84. The molecule has 1 rings (SSSR count). The molecule has 4 nitrogen and oxygen atoms in total. The third-order valence-corrected chi connectivity index (χ3v) is 1.53. The molecule has 0 amide bonds. The standard InChI is InChI=1S/C9H10N2O2/c1-6(9(12)13)4-7-2-3-8(10)11-5-7/h2-5H,1H3,(H2,10,11)(H,12,13)/b6-4+. The van der Waals surface area contributed by atoms with Crippen molar-refractivity contribution in [2.75, 3.05) is 5.73 Å². The van der Waals surface area contributed by atoms with Gasteiger partial charge in [0.05, 0.1) is 0 Å². The van der Waals surface area contributed by atoms with Gasteiger partial charge in [-0.15, -0.1) is 0 Å². The summed E-state index contributed by atoms with van der Waals surface area (Å²) in [4.78, 5) is 14.3. The highest BCUT2D eigenvalue weighted by Gasteiger charge is 1.99. The fourth-order valence-corrected chi connectivity index (χ4v) is 0.814. The number of rotatable bonds is 2. The van der Waals surface area contributed by atoms with E-state index < -0.39 is 5.97 Å². The van der Waals surface area contributed by atoms with Gasteiger partial charge in [-0.3, -0.25) is 0 Å². The van der Waals surface area contributed by atoms with Crippen LogP contribution in [0.3, 0.4) is 0 Å². The number of nitrogens with two attached hydrogens (primary N) is 1. The Morgan fingerprint density at radius 3 is 2.77 bits per heavy atom. The molecule has 0 aliphatic carbocycles. The van der Waals surface area contributed by atoms with E-state index in [9.17, 15) is 4.79 Å². The Kier molecular flexibility index (Phi) is 2.64. The molecule has 0 atom stereocenters. The molecule has 4 heteroatoms. The lowest BCUT2D eigenvalue weighted by atomic mass is 10.2. The van der Waals surface area contributed by atoms with Crippen LogP contribution in [-0.4, -0.2) is 16.1 Å². The summed E-state index contributed by atoms with van der Waals surface area (Å²) in [5.74, 6) is -0.512. The van der Waals surface area contributed by atoms with Crippen LogP contribution >= 0.6 is 0 Å². The largest absolute Gasteiger partial charge is 0.478 e. The highest BCUT2D eigenvalue weighted by atomic mass is 16.4. The third kappa shape index (κ3) is 2.59. The van der Waals surface area contributed by atoms with Crippen molar-refractivity contribution in [2.45, 2.75) is 6.92 Å². The summed E-state index contributed by atoms with van der Waals surface area (Å²) >= 11 is 0. The SMILES string of the molecule is C/C(=C\c1ccc(N)nc1)C(=O)O. The molecule has 0 spiro atoms. The van der Waals surface area contributed by atoms with Crippen molar-refractivity contribution < 1.29 is 9.90 Å². The molecular formula is C9H10N2O2. The minimum atomic E-state index is -0.933. The summed E-state index contributed by atoms with van der Waals surface area (Å²) in [6.07, 6.45) is 3.07. The summed E-state index contributed by atoms with van der Waals surface area (Å²) in [6.45, 7) is 1.53. The van der Waals surface area contributed by atoms with E-state index in [-0.39, 0.29) is 5.57 Å². The molecule has 0 unspecified atom stereocenters. The van der Waals surface area contributed by atoms with E-state index in [0.717, 1.165) is 5.56 Å². The quantitative estimate of drug-likeness (QED) is 0.666. The highest BCUT2D eigenvalue weighted by molar-refractivity contribution is 5.91. The van der Waals surface area contributed by atoms with E-state index in [1.165, 1.54) is 19.2 Å². The first-order valence-corrected chi connectivity index (χ1v) is 3.72. The van der Waals surface area contributed by atoms with Gasteiger partial charge in [0.15, 0.2) is 0 Å². The number of nitrogens with zero attached hydrogens (tertiary/aromatic N) is 1. The van der Waals surface area contributed by atoms with Gasteiger partial charge >= 0.3 is 5.97 Å². The molecule has 1 aromatic heterocycles. The van der Waals surface area contributed by atoms with E-state index >= 15 is 0 Å². The van der Waals surface area contributed by atoms with Crippen molar-refractivity contribution in [2.24, 2.45) is 0 Å². The molecule has 13 heavy (non-hydrogen) atoms. The van der Waals surface area contributed by atoms with Crippen LogP contribution in [0.2, 0.25) is 0 Å².